The molecule has 0 amide bonds. The first-order valence-corrected chi connectivity index (χ1v) is 6.35. The van der Waals surface area contributed by atoms with E-state index in [0.29, 0.717) is 5.41 Å². The highest BCUT2D eigenvalue weighted by atomic mass is 14.9. The van der Waals surface area contributed by atoms with Crippen molar-refractivity contribution in [2.45, 2.75) is 73.3 Å². The Labute approximate surface area is 97.0 Å². The quantitative estimate of drug-likeness (QED) is 0.721. The summed E-state index contributed by atoms with van der Waals surface area (Å²) < 4.78 is 0. The topological polar surface area (TPSA) is 12.0 Å². The van der Waals surface area contributed by atoms with Gasteiger partial charge in [-0.2, -0.15) is 0 Å². The van der Waals surface area contributed by atoms with Crippen molar-refractivity contribution >= 4 is 0 Å². The molecule has 0 aromatic heterocycles. The van der Waals surface area contributed by atoms with Gasteiger partial charge in [-0.05, 0) is 51.5 Å². The average molecular weight is 213 g/mol. The van der Waals surface area contributed by atoms with E-state index >= 15 is 0 Å². The lowest BCUT2D eigenvalue weighted by atomic mass is 9.88. The standard InChI is InChI=1S/C14H31N/c1-12(11-15-14(5,6)7)9-8-10-13(2,3)4/h12,15H,8-11H2,1-7H3. The molecule has 0 saturated carbocycles. The fourth-order valence-electron chi connectivity index (χ4n) is 1.56. The minimum absolute atomic E-state index is 0.262. The molecule has 0 radical (unpaired) electrons. The van der Waals surface area contributed by atoms with Crippen molar-refractivity contribution in [3.8, 4) is 0 Å². The van der Waals surface area contributed by atoms with Crippen LogP contribution in [0.15, 0.2) is 0 Å². The molecule has 0 aromatic rings. The Balaban J connectivity index is 3.54. The molecular weight excluding hydrogens is 182 g/mol. The van der Waals surface area contributed by atoms with E-state index in [4.69, 9.17) is 0 Å². The molecule has 1 unspecified atom stereocenters. The molecule has 0 rings (SSSR count). The summed E-state index contributed by atoms with van der Waals surface area (Å²) in [5.74, 6) is 0.798. The monoisotopic (exact) mass is 213 g/mol. The Morgan fingerprint density at radius 2 is 1.53 bits per heavy atom. The van der Waals surface area contributed by atoms with E-state index in [1.807, 2.05) is 0 Å². The molecule has 1 heteroatoms. The van der Waals surface area contributed by atoms with Crippen LogP contribution in [-0.2, 0) is 0 Å². The third kappa shape index (κ3) is 11.9. The van der Waals surface area contributed by atoms with Gasteiger partial charge in [-0.25, -0.2) is 0 Å². The van der Waals surface area contributed by atoms with Crippen molar-refractivity contribution < 1.29 is 0 Å². The van der Waals surface area contributed by atoms with Gasteiger partial charge in [0.1, 0.15) is 0 Å². The lowest BCUT2D eigenvalue weighted by Crippen LogP contribution is -2.38. The maximum atomic E-state index is 3.57. The summed E-state index contributed by atoms with van der Waals surface area (Å²) in [5, 5.41) is 3.57. The van der Waals surface area contributed by atoms with E-state index in [2.05, 4.69) is 53.8 Å². The molecule has 0 aromatic carbocycles. The Morgan fingerprint density at radius 3 is 1.93 bits per heavy atom. The largest absolute Gasteiger partial charge is 0.312 e. The number of hydrogen-bond donors (Lipinski definition) is 1. The predicted molar refractivity (Wildman–Crippen MR) is 70.2 cm³/mol. The van der Waals surface area contributed by atoms with Crippen molar-refractivity contribution in [2.24, 2.45) is 11.3 Å². The van der Waals surface area contributed by atoms with E-state index in [-0.39, 0.29) is 5.54 Å². The lowest BCUT2D eigenvalue weighted by Gasteiger charge is -2.24. The van der Waals surface area contributed by atoms with Crippen LogP contribution in [0, 0.1) is 11.3 Å². The highest BCUT2D eigenvalue weighted by Gasteiger charge is 2.13. The molecule has 0 heterocycles. The Hall–Kier alpha value is -0.0400. The summed E-state index contributed by atoms with van der Waals surface area (Å²) in [7, 11) is 0. The van der Waals surface area contributed by atoms with Crippen LogP contribution in [0.2, 0.25) is 0 Å². The summed E-state index contributed by atoms with van der Waals surface area (Å²) >= 11 is 0. The third-order valence-electron chi connectivity index (χ3n) is 2.60. The second-order valence-corrected chi connectivity index (χ2v) is 7.19. The predicted octanol–water partition coefficient (Wildman–Crippen LogP) is 4.23. The van der Waals surface area contributed by atoms with Gasteiger partial charge in [0, 0.05) is 5.54 Å². The molecule has 0 saturated heterocycles. The minimum Gasteiger partial charge on any atom is -0.312 e. The second-order valence-electron chi connectivity index (χ2n) is 7.19. The Morgan fingerprint density at radius 1 is 1.00 bits per heavy atom. The molecule has 0 aliphatic heterocycles. The van der Waals surface area contributed by atoms with E-state index in [1.54, 1.807) is 0 Å². The van der Waals surface area contributed by atoms with Crippen molar-refractivity contribution in [2.75, 3.05) is 6.54 Å². The Bertz CT molecular complexity index is 159. The van der Waals surface area contributed by atoms with Crippen molar-refractivity contribution in [1.82, 2.24) is 5.32 Å². The molecule has 0 aliphatic rings. The first kappa shape index (κ1) is 15.0. The molecular formula is C14H31N. The van der Waals surface area contributed by atoms with Gasteiger partial charge in [-0.3, -0.25) is 0 Å². The number of hydrogen-bond acceptors (Lipinski definition) is 1. The van der Waals surface area contributed by atoms with Gasteiger partial charge in [-0.15, -0.1) is 0 Å². The van der Waals surface area contributed by atoms with Crippen LogP contribution in [0.5, 0.6) is 0 Å². The zero-order chi connectivity index (χ0) is 12.1. The smallest absolute Gasteiger partial charge is 0.00966 e. The van der Waals surface area contributed by atoms with E-state index in [0.717, 1.165) is 12.5 Å². The average Bonchev–Trinajstić information content (AvgIpc) is 1.97. The summed E-state index contributed by atoms with van der Waals surface area (Å²) in [6, 6.07) is 0. The molecule has 0 bridgehead atoms. The highest BCUT2D eigenvalue weighted by Crippen LogP contribution is 2.23. The van der Waals surface area contributed by atoms with Crippen LogP contribution in [0.4, 0.5) is 0 Å². The van der Waals surface area contributed by atoms with Crippen molar-refractivity contribution in [1.29, 1.82) is 0 Å². The summed E-state index contributed by atoms with van der Waals surface area (Å²) in [6.45, 7) is 17.2. The fourth-order valence-corrected chi connectivity index (χ4v) is 1.56. The maximum Gasteiger partial charge on any atom is 0.00966 e. The normalized spacial score (nSPS) is 15.4. The highest BCUT2D eigenvalue weighted by molar-refractivity contribution is 4.72. The van der Waals surface area contributed by atoms with Crippen LogP contribution in [0.25, 0.3) is 0 Å². The first-order valence-electron chi connectivity index (χ1n) is 6.35. The van der Waals surface area contributed by atoms with Gasteiger partial charge in [0.15, 0.2) is 0 Å². The summed E-state index contributed by atoms with van der Waals surface area (Å²) in [4.78, 5) is 0. The molecule has 1 nitrogen and oxygen atoms in total. The summed E-state index contributed by atoms with van der Waals surface area (Å²) in [5.41, 5.74) is 0.759. The first-order chi connectivity index (χ1) is 6.60. The maximum absolute atomic E-state index is 3.57. The van der Waals surface area contributed by atoms with Crippen molar-refractivity contribution in [3.05, 3.63) is 0 Å². The van der Waals surface area contributed by atoms with Gasteiger partial charge in [0.25, 0.3) is 0 Å². The van der Waals surface area contributed by atoms with E-state index in [1.165, 1.54) is 19.3 Å². The second kappa shape index (κ2) is 5.89. The van der Waals surface area contributed by atoms with Crippen LogP contribution in [0.1, 0.15) is 67.7 Å². The minimum atomic E-state index is 0.262. The molecule has 15 heavy (non-hydrogen) atoms. The van der Waals surface area contributed by atoms with Gasteiger partial charge in [-0.1, -0.05) is 34.1 Å². The zero-order valence-corrected chi connectivity index (χ0v) is 11.9. The van der Waals surface area contributed by atoms with Gasteiger partial charge in [0.05, 0.1) is 0 Å². The fraction of sp³-hybridized carbons (Fsp3) is 1.00. The molecule has 0 aliphatic carbocycles. The van der Waals surface area contributed by atoms with Crippen LogP contribution in [0.3, 0.4) is 0 Å². The van der Waals surface area contributed by atoms with Crippen LogP contribution >= 0.6 is 0 Å². The van der Waals surface area contributed by atoms with Crippen LogP contribution < -0.4 is 5.32 Å². The van der Waals surface area contributed by atoms with Gasteiger partial charge < -0.3 is 5.32 Å². The number of nitrogens with one attached hydrogen (secondary N) is 1. The van der Waals surface area contributed by atoms with Gasteiger partial charge in [0.2, 0.25) is 0 Å². The SMILES string of the molecule is CC(CCCC(C)(C)C)CNC(C)(C)C. The van der Waals surface area contributed by atoms with Crippen LogP contribution in [-0.4, -0.2) is 12.1 Å². The molecule has 0 fully saturated rings. The molecule has 1 N–H and O–H groups in total. The molecule has 92 valence electrons. The lowest BCUT2D eigenvalue weighted by molar-refractivity contribution is 0.324. The Kier molecular flexibility index (Phi) is 5.87. The molecule has 1 atom stereocenters. The zero-order valence-electron chi connectivity index (χ0n) is 11.9. The number of rotatable bonds is 5. The van der Waals surface area contributed by atoms with E-state index < -0.39 is 0 Å². The third-order valence-corrected chi connectivity index (χ3v) is 2.60. The van der Waals surface area contributed by atoms with Crippen molar-refractivity contribution in [3.63, 3.8) is 0 Å². The molecule has 0 spiro atoms. The van der Waals surface area contributed by atoms with E-state index in [9.17, 15) is 0 Å². The summed E-state index contributed by atoms with van der Waals surface area (Å²) in [6.07, 6.45) is 4.05. The van der Waals surface area contributed by atoms with Gasteiger partial charge >= 0.3 is 0 Å².